The smallest absolute Gasteiger partial charge is 0.358 e. The molecule has 2 heterocycles. The third-order valence-electron chi connectivity index (χ3n) is 8.85. The monoisotopic (exact) mass is 715 g/mol. The van der Waals surface area contributed by atoms with E-state index in [1.165, 1.54) is 4.90 Å². The predicted octanol–water partition coefficient (Wildman–Crippen LogP) is 7.14. The van der Waals surface area contributed by atoms with Gasteiger partial charge in [0, 0.05) is 12.2 Å². The molecule has 5 atom stereocenters. The number of hydrogen-bond acceptors (Lipinski definition) is 9. The van der Waals surface area contributed by atoms with Crippen molar-refractivity contribution in [1.82, 2.24) is 4.90 Å². The molecule has 0 spiro atoms. The number of carbonyl (C=O) groups excluding carboxylic acids is 2. The standard InChI is InChI=1S/C42H37NO8S/c44-39-33-23-13-14-24-34(33)40(45)43(39)36-38(47-26-30-17-7-2-8-18-30)37(51-42(52)49-32-21-11-4-12-22-32)35(28-46-25-29-15-5-1-6-16-29)50-41(36)48-27-31-19-9-3-10-20-31/h1-24,35-38,41H,25-28H2/t35?,36?,37-,38-,41-/m1/s1. The molecule has 0 bridgehead atoms. The molecule has 0 N–H and O–H groups in total. The summed E-state index contributed by atoms with van der Waals surface area (Å²) < 4.78 is 38.5. The first-order valence-corrected chi connectivity index (χ1v) is 17.4. The zero-order valence-electron chi connectivity index (χ0n) is 28.2. The lowest BCUT2D eigenvalue weighted by molar-refractivity contribution is -0.291. The molecule has 10 heteroatoms. The predicted molar refractivity (Wildman–Crippen MR) is 196 cm³/mol. The Balaban J connectivity index is 1.27. The fraction of sp³-hybridized carbons (Fsp3) is 0.214. The highest BCUT2D eigenvalue weighted by atomic mass is 32.1. The number of para-hydroxylation sites is 1. The molecule has 5 aromatic carbocycles. The average Bonchev–Trinajstić information content (AvgIpc) is 3.44. The summed E-state index contributed by atoms with van der Waals surface area (Å²) in [5.41, 5.74) is 3.28. The fourth-order valence-corrected chi connectivity index (χ4v) is 6.56. The van der Waals surface area contributed by atoms with Crippen molar-refractivity contribution < 1.29 is 38.0 Å². The summed E-state index contributed by atoms with van der Waals surface area (Å²) in [6.45, 7) is 0.597. The third kappa shape index (κ3) is 8.28. The Labute approximate surface area is 307 Å². The van der Waals surface area contributed by atoms with Crippen molar-refractivity contribution in [3.8, 4) is 5.75 Å². The third-order valence-corrected chi connectivity index (χ3v) is 9.03. The summed E-state index contributed by atoms with van der Waals surface area (Å²) in [7, 11) is 0. The summed E-state index contributed by atoms with van der Waals surface area (Å²) >= 11 is 5.64. The lowest BCUT2D eigenvalue weighted by Gasteiger charge is -2.47. The largest absolute Gasteiger partial charge is 0.448 e. The molecule has 9 nitrogen and oxygen atoms in total. The van der Waals surface area contributed by atoms with Crippen LogP contribution in [0.5, 0.6) is 5.75 Å². The van der Waals surface area contributed by atoms with E-state index in [1.807, 2.05) is 109 Å². The van der Waals surface area contributed by atoms with E-state index in [-0.39, 0.29) is 36.2 Å². The zero-order valence-corrected chi connectivity index (χ0v) is 29.0. The molecule has 2 aliphatic heterocycles. The minimum Gasteiger partial charge on any atom is -0.448 e. The van der Waals surface area contributed by atoms with Gasteiger partial charge in [0.25, 0.3) is 11.8 Å². The molecular weight excluding hydrogens is 679 g/mol. The maximum absolute atomic E-state index is 14.1. The molecule has 1 saturated heterocycles. The highest BCUT2D eigenvalue weighted by molar-refractivity contribution is 7.79. The highest BCUT2D eigenvalue weighted by Crippen LogP contribution is 2.36. The number of nitrogens with zero attached hydrogens (tertiary/aromatic N) is 1. The van der Waals surface area contributed by atoms with Gasteiger partial charge < -0.3 is 28.4 Å². The number of hydrogen-bond donors (Lipinski definition) is 0. The Bertz CT molecular complexity index is 1910. The van der Waals surface area contributed by atoms with Crippen LogP contribution >= 0.6 is 12.2 Å². The van der Waals surface area contributed by atoms with E-state index in [9.17, 15) is 9.59 Å². The number of imide groups is 1. The molecule has 264 valence electrons. The van der Waals surface area contributed by atoms with Crippen molar-refractivity contribution in [2.45, 2.75) is 50.5 Å². The molecule has 1 fully saturated rings. The number of rotatable bonds is 13. The number of ether oxygens (including phenoxy) is 6. The van der Waals surface area contributed by atoms with Crippen LogP contribution in [0.3, 0.4) is 0 Å². The van der Waals surface area contributed by atoms with Crippen molar-refractivity contribution in [1.29, 1.82) is 0 Å². The number of thiocarbonyl (C=S) groups is 1. The molecule has 52 heavy (non-hydrogen) atoms. The summed E-state index contributed by atoms with van der Waals surface area (Å²) in [6.07, 6.45) is -4.01. The highest BCUT2D eigenvalue weighted by Gasteiger charge is 2.56. The lowest BCUT2D eigenvalue weighted by Crippen LogP contribution is -2.67. The molecular formula is C42H37NO8S. The van der Waals surface area contributed by atoms with Gasteiger partial charge in [0.05, 0.1) is 37.6 Å². The van der Waals surface area contributed by atoms with Crippen LogP contribution in [0.4, 0.5) is 0 Å². The van der Waals surface area contributed by atoms with Crippen LogP contribution in [-0.2, 0) is 43.5 Å². The summed E-state index contributed by atoms with van der Waals surface area (Å²) in [5, 5.41) is -0.189. The second kappa shape index (κ2) is 16.9. The Morgan fingerprint density at radius 2 is 1.08 bits per heavy atom. The number of benzene rings is 5. The summed E-state index contributed by atoms with van der Waals surface area (Å²) in [6, 6.07) is 43.6. The van der Waals surface area contributed by atoms with Gasteiger partial charge in [-0.25, -0.2) is 0 Å². The van der Waals surface area contributed by atoms with Gasteiger partial charge in [-0.15, -0.1) is 0 Å². The SMILES string of the molecule is O=C1c2ccccc2C(=O)N1C1[C@H](OCc2ccccc2)OC(COCc2ccccc2)[C@@H](OC(=S)Oc2ccccc2)[C@@H]1OCc1ccccc1. The Morgan fingerprint density at radius 3 is 1.63 bits per heavy atom. The topological polar surface area (TPSA) is 92.8 Å². The van der Waals surface area contributed by atoms with Gasteiger partial charge in [0.15, 0.2) is 12.4 Å². The molecule has 0 aliphatic carbocycles. The molecule has 5 aromatic rings. The van der Waals surface area contributed by atoms with Gasteiger partial charge in [-0.05, 0) is 41.0 Å². The van der Waals surface area contributed by atoms with E-state index < -0.39 is 42.5 Å². The van der Waals surface area contributed by atoms with Gasteiger partial charge in [-0.2, -0.15) is 0 Å². The first-order valence-electron chi connectivity index (χ1n) is 17.0. The summed E-state index contributed by atoms with van der Waals surface area (Å²) in [5.74, 6) is -0.503. The second-order valence-electron chi connectivity index (χ2n) is 12.4. The average molecular weight is 716 g/mol. The normalized spacial score (nSPS) is 21.1. The van der Waals surface area contributed by atoms with Gasteiger partial charge in [-0.3, -0.25) is 14.5 Å². The molecule has 0 radical (unpaired) electrons. The molecule has 0 aromatic heterocycles. The fourth-order valence-electron chi connectivity index (χ4n) is 6.35. The van der Waals surface area contributed by atoms with Crippen LogP contribution in [-0.4, -0.2) is 59.2 Å². The van der Waals surface area contributed by atoms with Gasteiger partial charge in [0.2, 0.25) is 0 Å². The van der Waals surface area contributed by atoms with Crippen LogP contribution in [0, 0.1) is 0 Å². The van der Waals surface area contributed by atoms with E-state index in [4.69, 9.17) is 40.6 Å². The van der Waals surface area contributed by atoms with Crippen molar-refractivity contribution in [2.75, 3.05) is 6.61 Å². The van der Waals surface area contributed by atoms with Crippen LogP contribution in [0.1, 0.15) is 37.4 Å². The minimum absolute atomic E-state index is 0.0404. The van der Waals surface area contributed by atoms with E-state index in [0.717, 1.165) is 16.7 Å². The van der Waals surface area contributed by atoms with E-state index in [2.05, 4.69) is 0 Å². The van der Waals surface area contributed by atoms with Crippen molar-refractivity contribution in [3.05, 3.63) is 173 Å². The molecule has 2 amide bonds. The molecule has 0 saturated carbocycles. The van der Waals surface area contributed by atoms with E-state index in [0.29, 0.717) is 12.4 Å². The number of amides is 2. The lowest BCUT2D eigenvalue weighted by atomic mass is 9.94. The zero-order chi connectivity index (χ0) is 35.7. The Hall–Kier alpha value is -5.23. The first kappa shape index (κ1) is 35.2. The Kier molecular flexibility index (Phi) is 11.4. The summed E-state index contributed by atoms with van der Waals surface area (Å²) in [4.78, 5) is 29.5. The van der Waals surface area contributed by atoms with Gasteiger partial charge in [-0.1, -0.05) is 121 Å². The van der Waals surface area contributed by atoms with E-state index >= 15 is 0 Å². The first-order chi connectivity index (χ1) is 25.5. The number of fused-ring (bicyclic) bond motifs is 1. The Morgan fingerprint density at radius 1 is 0.596 bits per heavy atom. The maximum Gasteiger partial charge on any atom is 0.358 e. The van der Waals surface area contributed by atoms with Crippen molar-refractivity contribution in [2.24, 2.45) is 0 Å². The number of carbonyl (C=O) groups is 2. The molecule has 2 aliphatic rings. The minimum atomic E-state index is -1.14. The van der Waals surface area contributed by atoms with Gasteiger partial charge in [0.1, 0.15) is 24.0 Å². The van der Waals surface area contributed by atoms with Crippen molar-refractivity contribution in [3.63, 3.8) is 0 Å². The van der Waals surface area contributed by atoms with Crippen molar-refractivity contribution >= 4 is 29.3 Å². The van der Waals surface area contributed by atoms with Crippen LogP contribution in [0.2, 0.25) is 0 Å². The quantitative estimate of drug-likeness (QED) is 0.0932. The molecule has 7 rings (SSSR count). The van der Waals surface area contributed by atoms with Gasteiger partial charge >= 0.3 is 5.24 Å². The van der Waals surface area contributed by atoms with Crippen LogP contribution in [0.15, 0.2) is 146 Å². The van der Waals surface area contributed by atoms with Crippen LogP contribution in [0.25, 0.3) is 0 Å². The van der Waals surface area contributed by atoms with E-state index in [1.54, 1.807) is 36.4 Å². The maximum atomic E-state index is 14.1. The molecule has 2 unspecified atom stereocenters. The van der Waals surface area contributed by atoms with Crippen LogP contribution < -0.4 is 4.74 Å². The second-order valence-corrected chi connectivity index (χ2v) is 12.7.